The van der Waals surface area contributed by atoms with Gasteiger partial charge in [0, 0.05) is 5.75 Å². The van der Waals surface area contributed by atoms with Gasteiger partial charge in [0.1, 0.15) is 0 Å². The fourth-order valence-corrected chi connectivity index (χ4v) is 2.84. The van der Waals surface area contributed by atoms with E-state index in [1.807, 2.05) is 0 Å². The zero-order valence-electron chi connectivity index (χ0n) is 11.3. The summed E-state index contributed by atoms with van der Waals surface area (Å²) in [6.07, 6.45) is 1.00. The van der Waals surface area contributed by atoms with Gasteiger partial charge in [-0.1, -0.05) is 38.6 Å². The topological polar surface area (TPSA) is 24.4 Å². The van der Waals surface area contributed by atoms with E-state index in [1.165, 1.54) is 12.1 Å². The molecule has 1 aliphatic heterocycles. The van der Waals surface area contributed by atoms with Crippen LogP contribution in [0.5, 0.6) is 0 Å². The Morgan fingerprint density at radius 1 is 1.32 bits per heavy atom. The molecular formula is C14H18F2N2S. The fraction of sp³-hybridized carbons (Fsp3) is 0.500. The van der Waals surface area contributed by atoms with Crippen molar-refractivity contribution in [1.29, 1.82) is 0 Å². The second-order valence-corrected chi connectivity index (χ2v) is 6.76. The quantitative estimate of drug-likeness (QED) is 0.832. The van der Waals surface area contributed by atoms with Crippen molar-refractivity contribution in [2.24, 2.45) is 10.4 Å². The number of hydrogen-bond acceptors (Lipinski definition) is 3. The average Bonchev–Trinajstić information content (AvgIpc) is 2.34. The highest BCUT2D eigenvalue weighted by Gasteiger charge is 2.27. The largest absolute Gasteiger partial charge is 0.332 e. The minimum atomic E-state index is -0.858. The Kier molecular flexibility index (Phi) is 4.13. The van der Waals surface area contributed by atoms with Gasteiger partial charge in [-0.3, -0.25) is 4.99 Å². The second-order valence-electron chi connectivity index (χ2n) is 5.68. The molecule has 1 N–H and O–H groups in total. The molecule has 0 saturated heterocycles. The minimum absolute atomic E-state index is 0.0778. The zero-order valence-corrected chi connectivity index (χ0v) is 12.2. The molecule has 1 aromatic rings. The first-order valence-electron chi connectivity index (χ1n) is 6.29. The van der Waals surface area contributed by atoms with E-state index >= 15 is 0 Å². The maximum Gasteiger partial charge on any atom is 0.182 e. The summed E-state index contributed by atoms with van der Waals surface area (Å²) in [5, 5.41) is 3.55. The van der Waals surface area contributed by atoms with Crippen molar-refractivity contribution in [2.45, 2.75) is 33.2 Å². The lowest BCUT2D eigenvalue weighted by Gasteiger charge is -2.31. The highest BCUT2D eigenvalue weighted by Crippen LogP contribution is 2.31. The molecule has 0 amide bonds. The zero-order chi connectivity index (χ0) is 14.0. The lowest BCUT2D eigenvalue weighted by Crippen LogP contribution is -2.30. The molecule has 0 spiro atoms. The van der Waals surface area contributed by atoms with Crippen LogP contribution >= 0.6 is 11.8 Å². The normalized spacial score (nSPS) is 20.1. The molecule has 0 radical (unpaired) electrons. The highest BCUT2D eigenvalue weighted by atomic mass is 32.2. The van der Waals surface area contributed by atoms with Gasteiger partial charge in [0.15, 0.2) is 16.8 Å². The van der Waals surface area contributed by atoms with E-state index in [0.717, 1.165) is 18.2 Å². The van der Waals surface area contributed by atoms with Crippen LogP contribution in [0.4, 0.5) is 14.5 Å². The van der Waals surface area contributed by atoms with Crippen LogP contribution in [0.15, 0.2) is 23.2 Å². The molecule has 19 heavy (non-hydrogen) atoms. The van der Waals surface area contributed by atoms with Crippen LogP contribution in [0.1, 0.15) is 27.2 Å². The minimum Gasteiger partial charge on any atom is -0.332 e. The summed E-state index contributed by atoms with van der Waals surface area (Å²) in [6, 6.07) is 4.31. The van der Waals surface area contributed by atoms with Gasteiger partial charge >= 0.3 is 0 Å². The number of benzene rings is 1. The van der Waals surface area contributed by atoms with Crippen LogP contribution < -0.4 is 5.32 Å². The Labute approximate surface area is 116 Å². The molecule has 1 unspecified atom stereocenters. The summed E-state index contributed by atoms with van der Waals surface area (Å²) in [5.41, 5.74) is 0.217. The third kappa shape index (κ3) is 3.47. The molecule has 0 bridgehead atoms. The Morgan fingerprint density at radius 3 is 2.74 bits per heavy atom. The molecule has 1 aliphatic rings. The Balaban J connectivity index is 2.19. The Hall–Kier alpha value is -1.10. The molecule has 0 fully saturated rings. The van der Waals surface area contributed by atoms with Crippen molar-refractivity contribution in [3.63, 3.8) is 0 Å². The lowest BCUT2D eigenvalue weighted by atomic mass is 9.85. The first kappa shape index (κ1) is 14.3. The lowest BCUT2D eigenvalue weighted by molar-refractivity contribution is 0.316. The van der Waals surface area contributed by atoms with Crippen LogP contribution in [-0.2, 0) is 0 Å². The molecule has 2 rings (SSSR count). The van der Waals surface area contributed by atoms with E-state index in [9.17, 15) is 8.78 Å². The van der Waals surface area contributed by atoms with Crippen molar-refractivity contribution in [3.05, 3.63) is 29.8 Å². The number of amidine groups is 1. The van der Waals surface area contributed by atoms with E-state index < -0.39 is 11.6 Å². The number of thioether (sulfide) groups is 1. The molecule has 0 aromatic heterocycles. The molecule has 1 heterocycles. The molecule has 5 heteroatoms. The molecule has 1 aromatic carbocycles. The summed E-state index contributed by atoms with van der Waals surface area (Å²) in [5.74, 6) is -0.771. The van der Waals surface area contributed by atoms with E-state index in [1.54, 1.807) is 11.8 Å². The molecular weight excluding hydrogens is 266 g/mol. The summed E-state index contributed by atoms with van der Waals surface area (Å²) in [4.78, 5) is 4.60. The Bertz CT molecular complexity index is 495. The Morgan fingerprint density at radius 2 is 2.05 bits per heavy atom. The van der Waals surface area contributed by atoms with Crippen LogP contribution in [0.25, 0.3) is 0 Å². The van der Waals surface area contributed by atoms with Gasteiger partial charge in [0.2, 0.25) is 0 Å². The van der Waals surface area contributed by atoms with Gasteiger partial charge in [-0.05, 0) is 24.0 Å². The van der Waals surface area contributed by atoms with Crippen molar-refractivity contribution >= 4 is 22.6 Å². The number of halogens is 2. The predicted molar refractivity (Wildman–Crippen MR) is 77.7 cm³/mol. The number of aliphatic imine (C=N–C) groups is 1. The average molecular weight is 284 g/mol. The summed E-state index contributed by atoms with van der Waals surface area (Å²) in [7, 11) is 0. The maximum absolute atomic E-state index is 13.6. The van der Waals surface area contributed by atoms with Crippen molar-refractivity contribution in [1.82, 2.24) is 0 Å². The number of hydrogen-bond donors (Lipinski definition) is 1. The van der Waals surface area contributed by atoms with E-state index in [4.69, 9.17) is 0 Å². The summed E-state index contributed by atoms with van der Waals surface area (Å²) >= 11 is 1.54. The maximum atomic E-state index is 13.6. The van der Waals surface area contributed by atoms with E-state index in [-0.39, 0.29) is 17.1 Å². The summed E-state index contributed by atoms with van der Waals surface area (Å²) in [6.45, 7) is 6.41. The highest BCUT2D eigenvalue weighted by molar-refractivity contribution is 8.14. The van der Waals surface area contributed by atoms with Crippen molar-refractivity contribution in [3.8, 4) is 0 Å². The van der Waals surface area contributed by atoms with Crippen LogP contribution in [0.2, 0.25) is 0 Å². The number of nitrogens with zero attached hydrogens (tertiary/aromatic N) is 1. The second kappa shape index (κ2) is 5.49. The monoisotopic (exact) mass is 284 g/mol. The van der Waals surface area contributed by atoms with Crippen LogP contribution in [-0.4, -0.2) is 17.0 Å². The third-order valence-corrected chi connectivity index (χ3v) is 4.02. The van der Waals surface area contributed by atoms with Gasteiger partial charge in [-0.25, -0.2) is 8.78 Å². The third-order valence-electron chi connectivity index (χ3n) is 3.10. The van der Waals surface area contributed by atoms with Gasteiger partial charge in [-0.15, -0.1) is 0 Å². The van der Waals surface area contributed by atoms with Crippen molar-refractivity contribution in [2.75, 3.05) is 11.1 Å². The van der Waals surface area contributed by atoms with Gasteiger partial charge in [0.05, 0.1) is 11.7 Å². The van der Waals surface area contributed by atoms with Gasteiger partial charge < -0.3 is 5.32 Å². The molecule has 0 saturated carbocycles. The van der Waals surface area contributed by atoms with Crippen LogP contribution in [0.3, 0.4) is 0 Å². The van der Waals surface area contributed by atoms with Crippen LogP contribution in [0, 0.1) is 17.0 Å². The SMILES string of the molecule is CC(C)(C)C1CCSC(Nc2cccc(F)c2F)=N1. The molecule has 2 nitrogen and oxygen atoms in total. The molecule has 1 atom stereocenters. The van der Waals surface area contributed by atoms with Gasteiger partial charge in [-0.2, -0.15) is 0 Å². The first-order chi connectivity index (χ1) is 8.88. The van der Waals surface area contributed by atoms with Gasteiger partial charge in [0.25, 0.3) is 0 Å². The number of nitrogens with one attached hydrogen (secondary N) is 1. The predicted octanol–water partition coefficient (Wildman–Crippen LogP) is 4.28. The van der Waals surface area contributed by atoms with E-state index in [0.29, 0.717) is 5.17 Å². The fourth-order valence-electron chi connectivity index (χ4n) is 1.92. The molecule has 104 valence electrons. The standard InChI is InChI=1S/C14H18F2N2S/c1-14(2,3)11-7-8-19-13(18-11)17-10-6-4-5-9(15)12(10)16/h4-6,11H,7-8H2,1-3H3,(H,17,18). The number of rotatable bonds is 1. The molecule has 0 aliphatic carbocycles. The smallest absolute Gasteiger partial charge is 0.182 e. The number of anilines is 1. The van der Waals surface area contributed by atoms with Crippen molar-refractivity contribution < 1.29 is 8.78 Å². The van der Waals surface area contributed by atoms with E-state index in [2.05, 4.69) is 31.1 Å². The first-order valence-corrected chi connectivity index (χ1v) is 7.28. The summed E-state index contributed by atoms with van der Waals surface area (Å²) < 4.78 is 26.7.